The molecule has 0 spiro atoms. The van der Waals surface area contributed by atoms with E-state index in [1.165, 1.54) is 11.8 Å². The minimum absolute atomic E-state index is 0.0444. The van der Waals surface area contributed by atoms with E-state index in [0.717, 1.165) is 30.6 Å². The third-order valence-electron chi connectivity index (χ3n) is 5.16. The number of amidine groups is 1. The molecule has 168 valence electrons. The number of ether oxygens (including phenoxy) is 3. The third kappa shape index (κ3) is 5.68. The van der Waals surface area contributed by atoms with Gasteiger partial charge in [-0.3, -0.25) is 9.69 Å². The average Bonchev–Trinajstić information content (AvgIpc) is 2.76. The van der Waals surface area contributed by atoms with Crippen molar-refractivity contribution in [3.05, 3.63) is 41.1 Å². The monoisotopic (exact) mass is 446 g/mol. The lowest BCUT2D eigenvalue weighted by molar-refractivity contribution is -0.141. The topological polar surface area (TPSA) is 77.4 Å². The highest BCUT2D eigenvalue weighted by Crippen LogP contribution is 2.40. The first-order valence-corrected chi connectivity index (χ1v) is 11.7. The van der Waals surface area contributed by atoms with Crippen molar-refractivity contribution in [3.8, 4) is 5.75 Å². The fourth-order valence-electron chi connectivity index (χ4n) is 3.56. The zero-order valence-corrected chi connectivity index (χ0v) is 19.2. The summed E-state index contributed by atoms with van der Waals surface area (Å²) in [7, 11) is 1.55. The van der Waals surface area contributed by atoms with Crippen molar-refractivity contribution < 1.29 is 23.8 Å². The Bertz CT molecular complexity index is 850. The number of hydrogen-bond acceptors (Lipinski definition) is 7. The number of methoxy groups -OCH3 is 1. The smallest absolute Gasteiger partial charge is 0.338 e. The number of unbranched alkanes of at least 4 members (excludes halogenated alkanes) is 2. The molecule has 0 aliphatic carbocycles. The summed E-state index contributed by atoms with van der Waals surface area (Å²) in [6, 6.07) is 7.02. The largest absolute Gasteiger partial charge is 0.494 e. The number of thioether (sulfide) groups is 1. The van der Waals surface area contributed by atoms with Crippen LogP contribution in [-0.4, -0.2) is 54.6 Å². The molecule has 1 amide bonds. The Morgan fingerprint density at radius 2 is 1.97 bits per heavy atom. The summed E-state index contributed by atoms with van der Waals surface area (Å²) in [5, 5.41) is 0.632. The lowest BCUT2D eigenvalue weighted by Crippen LogP contribution is -2.45. The predicted molar refractivity (Wildman–Crippen MR) is 121 cm³/mol. The van der Waals surface area contributed by atoms with Crippen molar-refractivity contribution in [1.82, 2.24) is 4.90 Å². The number of hydrogen-bond donors (Lipinski definition) is 0. The SMILES string of the molecule is CCCCCOc1ccc([C@@H]2C(C(=O)OCCOC)=C(C)N=C3SCCC(=O)N32)cc1. The number of fused-ring (bicyclic) bond motifs is 1. The van der Waals surface area contributed by atoms with Crippen LogP contribution in [0.2, 0.25) is 0 Å². The number of benzene rings is 1. The van der Waals surface area contributed by atoms with Crippen molar-refractivity contribution in [2.75, 3.05) is 32.7 Å². The molecule has 0 aromatic heterocycles. The van der Waals surface area contributed by atoms with Gasteiger partial charge < -0.3 is 14.2 Å². The highest BCUT2D eigenvalue weighted by Gasteiger charge is 2.41. The molecule has 2 aliphatic heterocycles. The predicted octanol–water partition coefficient (Wildman–Crippen LogP) is 4.10. The Morgan fingerprint density at radius 1 is 1.19 bits per heavy atom. The molecule has 1 atom stereocenters. The number of allylic oxidation sites excluding steroid dienone is 1. The fraction of sp³-hybridized carbons (Fsp3) is 0.522. The first-order valence-electron chi connectivity index (χ1n) is 10.7. The molecule has 3 rings (SSSR count). The van der Waals surface area contributed by atoms with Gasteiger partial charge in [0.2, 0.25) is 5.91 Å². The summed E-state index contributed by atoms with van der Waals surface area (Å²) in [6.07, 6.45) is 3.70. The number of nitrogens with zero attached hydrogens (tertiary/aromatic N) is 2. The lowest BCUT2D eigenvalue weighted by atomic mass is 9.94. The molecule has 2 heterocycles. The molecule has 0 bridgehead atoms. The van der Waals surface area contributed by atoms with Gasteiger partial charge in [0.05, 0.1) is 30.5 Å². The Morgan fingerprint density at radius 3 is 2.68 bits per heavy atom. The van der Waals surface area contributed by atoms with Gasteiger partial charge in [-0.05, 0) is 31.0 Å². The molecule has 0 saturated carbocycles. The minimum Gasteiger partial charge on any atom is -0.494 e. The van der Waals surface area contributed by atoms with Crippen LogP contribution in [0.4, 0.5) is 0 Å². The van der Waals surface area contributed by atoms with E-state index in [0.29, 0.717) is 41.8 Å². The average molecular weight is 447 g/mol. The highest BCUT2D eigenvalue weighted by molar-refractivity contribution is 8.14. The van der Waals surface area contributed by atoms with Gasteiger partial charge in [0, 0.05) is 19.3 Å². The number of carbonyl (C=O) groups is 2. The molecule has 0 radical (unpaired) electrons. The molecule has 0 unspecified atom stereocenters. The molecular weight excluding hydrogens is 416 g/mol. The maximum atomic E-state index is 12.9. The summed E-state index contributed by atoms with van der Waals surface area (Å²) < 4.78 is 16.2. The number of esters is 1. The second kappa shape index (κ2) is 11.3. The van der Waals surface area contributed by atoms with E-state index in [2.05, 4.69) is 11.9 Å². The van der Waals surface area contributed by atoms with Crippen LogP contribution in [0.5, 0.6) is 5.75 Å². The molecule has 1 aromatic rings. The lowest BCUT2D eigenvalue weighted by Gasteiger charge is -2.38. The van der Waals surface area contributed by atoms with Crippen LogP contribution >= 0.6 is 11.8 Å². The first kappa shape index (κ1) is 23.3. The second-order valence-electron chi connectivity index (χ2n) is 7.41. The van der Waals surface area contributed by atoms with E-state index in [1.807, 2.05) is 24.3 Å². The van der Waals surface area contributed by atoms with Gasteiger partial charge in [0.15, 0.2) is 5.17 Å². The van der Waals surface area contributed by atoms with E-state index in [1.54, 1.807) is 18.9 Å². The van der Waals surface area contributed by atoms with Crippen LogP contribution in [0.1, 0.15) is 51.1 Å². The summed E-state index contributed by atoms with van der Waals surface area (Å²) in [4.78, 5) is 31.9. The standard InChI is InChI=1S/C23H30N2O5S/c1-4-5-6-12-29-18-9-7-17(8-10-18)21-20(22(27)30-14-13-28-3)16(2)24-23-25(21)19(26)11-15-31-23/h7-10,21H,4-6,11-15H2,1-3H3/t21-/m1/s1. The van der Waals surface area contributed by atoms with Crippen molar-refractivity contribution in [2.24, 2.45) is 4.99 Å². The number of amides is 1. The first-order chi connectivity index (χ1) is 15.1. The Kier molecular flexibility index (Phi) is 8.54. The maximum Gasteiger partial charge on any atom is 0.338 e. The summed E-state index contributed by atoms with van der Waals surface area (Å²) >= 11 is 1.53. The molecule has 1 saturated heterocycles. The zero-order valence-electron chi connectivity index (χ0n) is 18.4. The van der Waals surface area contributed by atoms with Crippen LogP contribution in [0.25, 0.3) is 0 Å². The second-order valence-corrected chi connectivity index (χ2v) is 8.47. The molecule has 1 fully saturated rings. The molecule has 8 heteroatoms. The minimum atomic E-state index is -0.572. The van der Waals surface area contributed by atoms with Crippen molar-refractivity contribution in [2.45, 2.75) is 45.6 Å². The number of aliphatic imine (C=N–C) groups is 1. The summed E-state index contributed by atoms with van der Waals surface area (Å²) in [5.41, 5.74) is 1.77. The van der Waals surface area contributed by atoms with Crippen LogP contribution in [0.15, 0.2) is 40.5 Å². The van der Waals surface area contributed by atoms with Crippen LogP contribution in [-0.2, 0) is 19.1 Å². The van der Waals surface area contributed by atoms with E-state index < -0.39 is 12.0 Å². The van der Waals surface area contributed by atoms with E-state index in [9.17, 15) is 9.59 Å². The number of carbonyl (C=O) groups excluding carboxylic acids is 2. The Labute approximate surface area is 187 Å². The maximum absolute atomic E-state index is 12.9. The van der Waals surface area contributed by atoms with E-state index >= 15 is 0 Å². The Hall–Kier alpha value is -2.32. The van der Waals surface area contributed by atoms with E-state index in [4.69, 9.17) is 14.2 Å². The molecule has 7 nitrogen and oxygen atoms in total. The molecule has 0 N–H and O–H groups in total. The van der Waals surface area contributed by atoms with Crippen LogP contribution in [0.3, 0.4) is 0 Å². The van der Waals surface area contributed by atoms with Crippen LogP contribution in [0, 0.1) is 0 Å². The van der Waals surface area contributed by atoms with Gasteiger partial charge in [-0.2, -0.15) is 0 Å². The molecule has 2 aliphatic rings. The van der Waals surface area contributed by atoms with Crippen molar-refractivity contribution >= 4 is 28.8 Å². The van der Waals surface area contributed by atoms with Crippen molar-refractivity contribution in [3.63, 3.8) is 0 Å². The summed E-state index contributed by atoms with van der Waals surface area (Å²) in [6.45, 7) is 5.06. The van der Waals surface area contributed by atoms with Crippen LogP contribution < -0.4 is 4.74 Å². The van der Waals surface area contributed by atoms with Gasteiger partial charge in [0.25, 0.3) is 0 Å². The van der Waals surface area contributed by atoms with Gasteiger partial charge >= 0.3 is 5.97 Å². The molecule has 31 heavy (non-hydrogen) atoms. The molecular formula is C23H30N2O5S. The van der Waals surface area contributed by atoms with Gasteiger partial charge in [-0.15, -0.1) is 0 Å². The molecule has 1 aromatic carbocycles. The zero-order chi connectivity index (χ0) is 22.2. The van der Waals surface area contributed by atoms with Gasteiger partial charge in [0.1, 0.15) is 12.4 Å². The quantitative estimate of drug-likeness (QED) is 0.398. The Balaban J connectivity index is 1.88. The number of rotatable bonds is 10. The van der Waals surface area contributed by atoms with Crippen molar-refractivity contribution in [1.29, 1.82) is 0 Å². The normalized spacial score (nSPS) is 18.5. The highest BCUT2D eigenvalue weighted by atomic mass is 32.2. The fourth-order valence-corrected chi connectivity index (χ4v) is 4.56. The van der Waals surface area contributed by atoms with E-state index in [-0.39, 0.29) is 12.5 Å². The summed E-state index contributed by atoms with van der Waals surface area (Å²) in [5.74, 6) is 0.934. The van der Waals surface area contributed by atoms with Gasteiger partial charge in [-0.1, -0.05) is 43.7 Å². The van der Waals surface area contributed by atoms with Gasteiger partial charge in [-0.25, -0.2) is 9.79 Å². The third-order valence-corrected chi connectivity index (χ3v) is 6.11.